The fourth-order valence-corrected chi connectivity index (χ4v) is 7.51. The second-order valence-corrected chi connectivity index (χ2v) is 13.7. The lowest BCUT2D eigenvalue weighted by Crippen LogP contribution is -2.31. The number of amides is 1. The molecule has 0 radical (unpaired) electrons. The van der Waals surface area contributed by atoms with Crippen LogP contribution in [0.4, 0.5) is 5.69 Å². The summed E-state index contributed by atoms with van der Waals surface area (Å²) in [4.78, 5) is 46.0. The van der Waals surface area contributed by atoms with Crippen molar-refractivity contribution in [1.82, 2.24) is 10.3 Å². The predicted molar refractivity (Wildman–Crippen MR) is 194 cm³/mol. The highest BCUT2D eigenvalue weighted by Gasteiger charge is 2.27. The largest absolute Gasteiger partial charge is 0.371 e. The van der Waals surface area contributed by atoms with Crippen LogP contribution < -0.4 is 10.2 Å². The minimum atomic E-state index is -0.350. The van der Waals surface area contributed by atoms with E-state index in [0.29, 0.717) is 55.1 Å². The molecule has 2 unspecified atom stereocenters. The Hall–Kier alpha value is -4.58. The number of anilines is 1. The molecule has 2 aromatic carbocycles. The zero-order valence-electron chi connectivity index (χ0n) is 28.2. The first-order chi connectivity index (χ1) is 23.4. The summed E-state index contributed by atoms with van der Waals surface area (Å²) in [6.45, 7) is 8.92. The van der Waals surface area contributed by atoms with E-state index in [1.807, 2.05) is 42.5 Å². The molecule has 2 atom stereocenters. The number of aryl methyl sites for hydroxylation is 1. The van der Waals surface area contributed by atoms with Crippen LogP contribution >= 0.6 is 0 Å². The van der Waals surface area contributed by atoms with E-state index in [1.165, 1.54) is 16.8 Å². The van der Waals surface area contributed by atoms with Gasteiger partial charge in [0.05, 0.1) is 11.6 Å². The van der Waals surface area contributed by atoms with Crippen LogP contribution in [0, 0.1) is 12.8 Å². The molecule has 248 valence electrons. The van der Waals surface area contributed by atoms with E-state index in [-0.39, 0.29) is 17.6 Å². The third-order valence-corrected chi connectivity index (χ3v) is 10.2. The van der Waals surface area contributed by atoms with Crippen LogP contribution in [0.3, 0.4) is 0 Å². The van der Waals surface area contributed by atoms with Gasteiger partial charge >= 0.3 is 0 Å². The molecule has 0 spiro atoms. The molecule has 6 rings (SSSR count). The van der Waals surface area contributed by atoms with Crippen molar-refractivity contribution in [2.75, 3.05) is 24.5 Å². The number of aromatic nitrogens is 1. The van der Waals surface area contributed by atoms with Crippen LogP contribution in [-0.2, 0) is 16.0 Å². The van der Waals surface area contributed by atoms with Gasteiger partial charge in [-0.3, -0.25) is 19.4 Å². The van der Waals surface area contributed by atoms with Crippen LogP contribution in [0.25, 0.3) is 12.2 Å². The number of hydrogen-bond acceptors (Lipinski definition) is 5. The molecule has 2 fully saturated rings. The van der Waals surface area contributed by atoms with Gasteiger partial charge in [-0.05, 0) is 110 Å². The third kappa shape index (κ3) is 8.10. The summed E-state index contributed by atoms with van der Waals surface area (Å²) in [6, 6.07) is 18.3. The normalized spacial score (nSPS) is 19.1. The number of ketones is 2. The maximum absolute atomic E-state index is 13.8. The van der Waals surface area contributed by atoms with Gasteiger partial charge in [0.1, 0.15) is 5.78 Å². The number of rotatable bonds is 11. The first-order valence-electron chi connectivity index (χ1n) is 17.6. The monoisotopic (exact) mass is 641 g/mol. The summed E-state index contributed by atoms with van der Waals surface area (Å²) in [5.74, 6) is 0.346. The number of nitrogens with zero attached hydrogens (tertiary/aromatic N) is 2. The fourth-order valence-electron chi connectivity index (χ4n) is 7.51. The molecule has 6 nitrogen and oxygen atoms in total. The number of piperidine rings is 1. The number of nitrogens with one attached hydrogen (secondary N) is 1. The molecule has 1 saturated carbocycles. The van der Waals surface area contributed by atoms with Gasteiger partial charge in [-0.25, -0.2) is 0 Å². The van der Waals surface area contributed by atoms with Crippen molar-refractivity contribution in [1.29, 1.82) is 0 Å². The fraction of sp³-hybridized carbons (Fsp3) is 0.381. The second-order valence-electron chi connectivity index (χ2n) is 13.7. The summed E-state index contributed by atoms with van der Waals surface area (Å²) in [7, 11) is 0. The molecule has 0 bridgehead atoms. The standard InChI is InChI=1S/C42H47N3O3/c1-29-9-3-4-16-39(29)45-23-19-32(20-24-45)26-34-17-18-35(42(48)44-22-7-11-31-10-5-14-37(46)27-31)28-36(34)25-30(2)41(47)38-15-6-12-33-13-8-21-43-40(33)38/h3-4,6,8-9,12-13,16-18,21,26,28,31,38H,2,5,7,10-11,14-15,19-20,22-25,27H2,1H3,(H,44,48). The maximum Gasteiger partial charge on any atom is 0.251 e. The van der Waals surface area contributed by atoms with Crippen molar-refractivity contribution in [3.8, 4) is 0 Å². The lowest BCUT2D eigenvalue weighted by molar-refractivity contribution is -0.121. The number of carbonyl (C=O) groups excluding carboxylic acids is 3. The van der Waals surface area contributed by atoms with Crippen molar-refractivity contribution in [2.45, 2.75) is 77.0 Å². The predicted octanol–water partition coefficient (Wildman–Crippen LogP) is 8.21. The Morgan fingerprint density at radius 1 is 1.06 bits per heavy atom. The lowest BCUT2D eigenvalue weighted by atomic mass is 9.83. The van der Waals surface area contributed by atoms with E-state index in [2.05, 4.69) is 59.0 Å². The van der Waals surface area contributed by atoms with E-state index >= 15 is 0 Å². The number of benzene rings is 2. The van der Waals surface area contributed by atoms with Gasteiger partial charge in [0.2, 0.25) is 0 Å². The summed E-state index contributed by atoms with van der Waals surface area (Å²) in [5.41, 5.74) is 8.82. The van der Waals surface area contributed by atoms with Gasteiger partial charge in [0.25, 0.3) is 5.91 Å². The highest BCUT2D eigenvalue weighted by Crippen LogP contribution is 2.33. The molecule has 3 aromatic rings. The van der Waals surface area contributed by atoms with Crippen molar-refractivity contribution in [3.05, 3.63) is 118 Å². The summed E-state index contributed by atoms with van der Waals surface area (Å²) in [5, 5.41) is 3.09. The molecule has 1 aromatic heterocycles. The minimum Gasteiger partial charge on any atom is -0.371 e. The number of fused-ring (bicyclic) bond motifs is 1. The first-order valence-corrected chi connectivity index (χ1v) is 17.6. The van der Waals surface area contributed by atoms with Crippen molar-refractivity contribution in [2.24, 2.45) is 5.92 Å². The van der Waals surface area contributed by atoms with Crippen molar-refractivity contribution >= 4 is 35.3 Å². The second kappa shape index (κ2) is 15.5. The maximum atomic E-state index is 13.8. The van der Waals surface area contributed by atoms with Gasteiger partial charge in [0.15, 0.2) is 5.78 Å². The Morgan fingerprint density at radius 2 is 1.90 bits per heavy atom. The minimum absolute atomic E-state index is 0.000455. The highest BCUT2D eigenvalue weighted by molar-refractivity contribution is 6.01. The third-order valence-electron chi connectivity index (χ3n) is 10.2. The molecule has 1 amide bonds. The Labute approximate surface area is 285 Å². The summed E-state index contributed by atoms with van der Waals surface area (Å²) in [6.07, 6.45) is 16.3. The topological polar surface area (TPSA) is 79.4 Å². The highest BCUT2D eigenvalue weighted by atomic mass is 16.1. The number of hydrogen-bond donors (Lipinski definition) is 1. The molecule has 2 heterocycles. The van der Waals surface area contributed by atoms with Gasteiger partial charge in [-0.15, -0.1) is 0 Å². The Morgan fingerprint density at radius 3 is 2.71 bits per heavy atom. The molecule has 1 N–H and O–H groups in total. The lowest BCUT2D eigenvalue weighted by Gasteiger charge is -2.31. The Balaban J connectivity index is 1.17. The van der Waals surface area contributed by atoms with E-state index in [4.69, 9.17) is 0 Å². The Kier molecular flexibility index (Phi) is 10.8. The molecule has 6 heteroatoms. The van der Waals surface area contributed by atoms with Crippen LogP contribution in [0.1, 0.15) is 102 Å². The van der Waals surface area contributed by atoms with Crippen LogP contribution in [0.5, 0.6) is 0 Å². The van der Waals surface area contributed by atoms with E-state index in [0.717, 1.165) is 74.0 Å². The van der Waals surface area contributed by atoms with E-state index in [1.54, 1.807) is 6.20 Å². The van der Waals surface area contributed by atoms with Gasteiger partial charge < -0.3 is 10.2 Å². The molecule has 1 aliphatic heterocycles. The zero-order valence-corrected chi connectivity index (χ0v) is 28.2. The van der Waals surface area contributed by atoms with Crippen LogP contribution in [0.15, 0.2) is 84.6 Å². The first kappa shape index (κ1) is 33.3. The molecule has 48 heavy (non-hydrogen) atoms. The van der Waals surface area contributed by atoms with Crippen molar-refractivity contribution < 1.29 is 14.4 Å². The smallest absolute Gasteiger partial charge is 0.251 e. The average Bonchev–Trinajstić information content (AvgIpc) is 3.11. The summed E-state index contributed by atoms with van der Waals surface area (Å²) >= 11 is 0. The molecule has 2 aliphatic carbocycles. The van der Waals surface area contributed by atoms with Crippen LogP contribution in [-0.4, -0.2) is 42.1 Å². The average molecular weight is 642 g/mol. The van der Waals surface area contributed by atoms with Crippen molar-refractivity contribution in [3.63, 3.8) is 0 Å². The van der Waals surface area contributed by atoms with Crippen LogP contribution in [0.2, 0.25) is 0 Å². The molecular formula is C42H47N3O3. The summed E-state index contributed by atoms with van der Waals surface area (Å²) < 4.78 is 0. The molecule has 3 aliphatic rings. The van der Waals surface area contributed by atoms with Gasteiger partial charge in [-0.2, -0.15) is 0 Å². The quantitative estimate of drug-likeness (QED) is 0.169. The molecule has 1 saturated heterocycles. The zero-order chi connectivity index (χ0) is 33.5. The van der Waals surface area contributed by atoms with E-state index in [9.17, 15) is 14.4 Å². The number of Topliss-reactive ketones (excluding diaryl/α,β-unsaturated/α-hetero) is 2. The van der Waals surface area contributed by atoms with Gasteiger partial charge in [0, 0.05) is 56.3 Å². The Bertz CT molecular complexity index is 1740. The van der Waals surface area contributed by atoms with E-state index < -0.39 is 0 Å². The number of para-hydroxylation sites is 1. The molecular weight excluding hydrogens is 594 g/mol. The number of carbonyl (C=O) groups is 3. The number of pyridine rings is 1. The van der Waals surface area contributed by atoms with Gasteiger partial charge in [-0.1, -0.05) is 60.7 Å². The SMILES string of the molecule is C=C(Cc1cc(C(=O)NCCCC2CCCC(=O)C2)ccc1C=C1CCN(c2ccccc2C)CC1)C(=O)C1CC=Cc2cccnc21. The number of allylic oxidation sites excluding steroid dienone is 2.